The topological polar surface area (TPSA) is 85.8 Å². The van der Waals surface area contributed by atoms with Crippen LogP contribution in [0.2, 0.25) is 0 Å². The normalized spacial score (nSPS) is 13.5. The lowest BCUT2D eigenvalue weighted by molar-refractivity contribution is 0.102. The lowest BCUT2D eigenvalue weighted by atomic mass is 10.1. The Morgan fingerprint density at radius 2 is 2.04 bits per heavy atom. The van der Waals surface area contributed by atoms with Gasteiger partial charge in [-0.15, -0.1) is 10.2 Å². The van der Waals surface area contributed by atoms with Crippen molar-refractivity contribution in [3.05, 3.63) is 47.5 Å². The van der Waals surface area contributed by atoms with Gasteiger partial charge in [-0.3, -0.25) is 14.7 Å². The number of hydrogen-bond donors (Lipinski definition) is 1. The number of nitrogens with zero attached hydrogens (tertiary/aromatic N) is 4. The van der Waals surface area contributed by atoms with Crippen LogP contribution < -0.4 is 5.32 Å². The Morgan fingerprint density at radius 3 is 2.88 bits per heavy atom. The first-order valence-corrected chi connectivity index (χ1v) is 7.99. The molecule has 1 aliphatic heterocycles. The third-order valence-electron chi connectivity index (χ3n) is 4.22. The van der Waals surface area contributed by atoms with Crippen LogP contribution in [0.25, 0.3) is 11.3 Å². The number of anilines is 1. The number of nitrogens with one attached hydrogen (secondary N) is 1. The van der Waals surface area contributed by atoms with Crippen LogP contribution in [0.3, 0.4) is 0 Å². The predicted octanol–water partition coefficient (Wildman–Crippen LogP) is 2.83. The second-order valence-electron chi connectivity index (χ2n) is 5.83. The number of rotatable bonds is 3. The van der Waals surface area contributed by atoms with Crippen LogP contribution in [0.5, 0.6) is 0 Å². The van der Waals surface area contributed by atoms with Crippen LogP contribution in [0.15, 0.2) is 34.9 Å². The molecular formula is C17H17N5O2. The number of carbonyl (C=O) groups is 1. The SMILES string of the molecule is Cc1onc(-c2ccccc2)c1C(=O)Nc1nnc2n1CCCC2. The minimum atomic E-state index is -0.284. The third kappa shape index (κ3) is 2.47. The van der Waals surface area contributed by atoms with Crippen molar-refractivity contribution in [1.29, 1.82) is 0 Å². The van der Waals surface area contributed by atoms with Crippen LogP contribution in [0.4, 0.5) is 5.95 Å². The van der Waals surface area contributed by atoms with Crippen molar-refractivity contribution in [2.75, 3.05) is 5.32 Å². The Balaban J connectivity index is 1.66. The number of fused-ring (bicyclic) bond motifs is 1. The summed E-state index contributed by atoms with van der Waals surface area (Å²) in [5, 5.41) is 15.2. The molecule has 0 fully saturated rings. The van der Waals surface area contributed by atoms with Crippen LogP contribution in [-0.2, 0) is 13.0 Å². The summed E-state index contributed by atoms with van der Waals surface area (Å²) in [5.74, 6) is 1.59. The number of aryl methyl sites for hydroxylation is 2. The van der Waals surface area contributed by atoms with Crippen LogP contribution in [0, 0.1) is 6.92 Å². The van der Waals surface area contributed by atoms with E-state index in [1.165, 1.54) is 0 Å². The average molecular weight is 323 g/mol. The molecule has 1 aromatic carbocycles. The van der Waals surface area contributed by atoms with Gasteiger partial charge in [-0.05, 0) is 19.8 Å². The minimum Gasteiger partial charge on any atom is -0.360 e. The second-order valence-corrected chi connectivity index (χ2v) is 5.83. The Morgan fingerprint density at radius 1 is 1.21 bits per heavy atom. The summed E-state index contributed by atoms with van der Waals surface area (Å²) in [5.41, 5.74) is 1.79. The van der Waals surface area contributed by atoms with Gasteiger partial charge in [0, 0.05) is 18.5 Å². The molecule has 0 saturated heterocycles. The molecule has 0 saturated carbocycles. The standard InChI is InChI=1S/C17H17N5O2/c1-11-14(15(21-24-11)12-7-3-2-4-8-12)16(23)18-17-20-19-13-9-5-6-10-22(13)17/h2-4,7-8H,5-6,9-10H2,1H3,(H,18,20,23). The molecule has 0 bridgehead atoms. The molecule has 4 rings (SSSR count). The lowest BCUT2D eigenvalue weighted by Crippen LogP contribution is -2.19. The molecule has 0 spiro atoms. The number of benzene rings is 1. The van der Waals surface area contributed by atoms with Crippen LogP contribution >= 0.6 is 0 Å². The van der Waals surface area contributed by atoms with E-state index in [-0.39, 0.29) is 5.91 Å². The molecule has 0 aliphatic carbocycles. The van der Waals surface area contributed by atoms with Crippen molar-refractivity contribution in [3.63, 3.8) is 0 Å². The quantitative estimate of drug-likeness (QED) is 0.801. The fourth-order valence-electron chi connectivity index (χ4n) is 3.00. The van der Waals surface area contributed by atoms with Gasteiger partial charge in [0.05, 0.1) is 0 Å². The molecule has 1 aliphatic rings. The molecule has 0 unspecified atom stereocenters. The van der Waals surface area contributed by atoms with E-state index in [1.54, 1.807) is 6.92 Å². The van der Waals surface area contributed by atoms with E-state index in [9.17, 15) is 4.79 Å². The summed E-state index contributed by atoms with van der Waals surface area (Å²) >= 11 is 0. The zero-order valence-electron chi connectivity index (χ0n) is 13.3. The molecule has 24 heavy (non-hydrogen) atoms. The third-order valence-corrected chi connectivity index (χ3v) is 4.22. The highest BCUT2D eigenvalue weighted by Crippen LogP contribution is 2.26. The number of carbonyl (C=O) groups excluding carboxylic acids is 1. The van der Waals surface area contributed by atoms with Gasteiger partial charge in [0.1, 0.15) is 22.8 Å². The van der Waals surface area contributed by atoms with Gasteiger partial charge >= 0.3 is 0 Å². The Hall–Kier alpha value is -2.96. The molecule has 1 N–H and O–H groups in total. The van der Waals surface area contributed by atoms with Crippen molar-refractivity contribution in [1.82, 2.24) is 19.9 Å². The summed E-state index contributed by atoms with van der Waals surface area (Å²) in [6.07, 6.45) is 3.06. The molecule has 7 nitrogen and oxygen atoms in total. The summed E-state index contributed by atoms with van der Waals surface area (Å²) < 4.78 is 7.21. The van der Waals surface area contributed by atoms with E-state index in [2.05, 4.69) is 20.7 Å². The number of amides is 1. The lowest BCUT2D eigenvalue weighted by Gasteiger charge is -2.14. The van der Waals surface area contributed by atoms with Gasteiger partial charge in [0.15, 0.2) is 0 Å². The van der Waals surface area contributed by atoms with Gasteiger partial charge < -0.3 is 4.52 Å². The summed E-state index contributed by atoms with van der Waals surface area (Å²) in [6, 6.07) is 9.50. The molecular weight excluding hydrogens is 306 g/mol. The Labute approximate surface area is 138 Å². The molecule has 0 atom stereocenters. The van der Waals surface area contributed by atoms with Crippen molar-refractivity contribution >= 4 is 11.9 Å². The first-order valence-electron chi connectivity index (χ1n) is 7.99. The molecule has 3 aromatic rings. The largest absolute Gasteiger partial charge is 0.360 e. The summed E-state index contributed by atoms with van der Waals surface area (Å²) in [6.45, 7) is 2.56. The van der Waals surface area contributed by atoms with Crippen molar-refractivity contribution in [3.8, 4) is 11.3 Å². The van der Waals surface area contributed by atoms with E-state index in [0.717, 1.165) is 37.2 Å². The maximum Gasteiger partial charge on any atom is 0.263 e. The molecule has 1 amide bonds. The fourth-order valence-corrected chi connectivity index (χ4v) is 3.00. The van der Waals surface area contributed by atoms with Crippen molar-refractivity contribution in [2.24, 2.45) is 0 Å². The second kappa shape index (κ2) is 5.92. The average Bonchev–Trinajstić information content (AvgIpc) is 3.20. The van der Waals surface area contributed by atoms with Gasteiger partial charge in [-0.1, -0.05) is 35.5 Å². The van der Waals surface area contributed by atoms with Crippen molar-refractivity contribution < 1.29 is 9.32 Å². The maximum atomic E-state index is 12.8. The predicted molar refractivity (Wildman–Crippen MR) is 87.6 cm³/mol. The van der Waals surface area contributed by atoms with E-state index < -0.39 is 0 Å². The molecule has 122 valence electrons. The Bertz CT molecular complexity index is 882. The highest BCUT2D eigenvalue weighted by atomic mass is 16.5. The van der Waals surface area contributed by atoms with E-state index >= 15 is 0 Å². The van der Waals surface area contributed by atoms with Gasteiger partial charge in [0.25, 0.3) is 5.91 Å². The van der Waals surface area contributed by atoms with E-state index in [4.69, 9.17) is 4.52 Å². The molecule has 3 heterocycles. The molecule has 0 radical (unpaired) electrons. The highest BCUT2D eigenvalue weighted by molar-refractivity contribution is 6.08. The van der Waals surface area contributed by atoms with Gasteiger partial charge in [0.2, 0.25) is 5.95 Å². The Kier molecular flexibility index (Phi) is 3.60. The molecule has 7 heteroatoms. The minimum absolute atomic E-state index is 0.284. The van der Waals surface area contributed by atoms with E-state index in [0.29, 0.717) is 23.0 Å². The fraction of sp³-hybridized carbons (Fsp3) is 0.294. The zero-order chi connectivity index (χ0) is 16.5. The first kappa shape index (κ1) is 14.6. The van der Waals surface area contributed by atoms with Gasteiger partial charge in [-0.25, -0.2) is 0 Å². The first-order chi connectivity index (χ1) is 11.7. The van der Waals surface area contributed by atoms with E-state index in [1.807, 2.05) is 34.9 Å². The zero-order valence-corrected chi connectivity index (χ0v) is 13.3. The smallest absolute Gasteiger partial charge is 0.263 e. The summed E-state index contributed by atoms with van der Waals surface area (Å²) in [4.78, 5) is 12.8. The summed E-state index contributed by atoms with van der Waals surface area (Å²) in [7, 11) is 0. The number of hydrogen-bond acceptors (Lipinski definition) is 5. The van der Waals surface area contributed by atoms with Gasteiger partial charge in [-0.2, -0.15) is 0 Å². The highest BCUT2D eigenvalue weighted by Gasteiger charge is 2.24. The molecule has 2 aromatic heterocycles. The van der Waals surface area contributed by atoms with Crippen molar-refractivity contribution in [2.45, 2.75) is 32.7 Å². The van der Waals surface area contributed by atoms with Crippen LogP contribution in [0.1, 0.15) is 34.8 Å². The monoisotopic (exact) mass is 323 g/mol. The van der Waals surface area contributed by atoms with Crippen LogP contribution in [-0.4, -0.2) is 25.8 Å². The maximum absolute atomic E-state index is 12.8. The number of aromatic nitrogens is 4.